The minimum absolute atomic E-state index is 0. The predicted octanol–water partition coefficient (Wildman–Crippen LogP) is 4.20. The number of hydrogen-bond acceptors (Lipinski definition) is 3. The molecule has 1 saturated heterocycles. The van der Waals surface area contributed by atoms with Crippen molar-refractivity contribution in [1.29, 1.82) is 0 Å². The number of guanidine groups is 1. The largest absolute Gasteiger partial charge is 0.370 e. The topological polar surface area (TPSA) is 54.7 Å². The highest BCUT2D eigenvalue weighted by atomic mass is 127. The first kappa shape index (κ1) is 24.0. The summed E-state index contributed by atoms with van der Waals surface area (Å²) in [4.78, 5) is 6.96. The average Bonchev–Trinajstić information content (AvgIpc) is 3.22. The summed E-state index contributed by atoms with van der Waals surface area (Å²) in [5, 5.41) is 8.05. The molecule has 2 fully saturated rings. The summed E-state index contributed by atoms with van der Waals surface area (Å²) in [5.41, 5.74) is 4.22. The van der Waals surface area contributed by atoms with E-state index in [1.165, 1.54) is 43.2 Å². The Bertz CT molecular complexity index is 874. The third-order valence-electron chi connectivity index (χ3n) is 6.79. The molecule has 0 radical (unpaired) electrons. The van der Waals surface area contributed by atoms with Gasteiger partial charge in [0.15, 0.2) is 5.96 Å². The van der Waals surface area contributed by atoms with Crippen molar-refractivity contribution in [1.82, 2.24) is 20.0 Å². The molecule has 1 atom stereocenters. The van der Waals surface area contributed by atoms with Crippen molar-refractivity contribution in [3.05, 3.63) is 53.3 Å². The number of benzene rings is 1. The molecular formula is C24H36IN5O. The highest BCUT2D eigenvalue weighted by Gasteiger charge is 2.35. The molecule has 2 heterocycles. The maximum Gasteiger partial charge on any atom is 0.193 e. The van der Waals surface area contributed by atoms with E-state index in [1.54, 1.807) is 0 Å². The molecule has 170 valence electrons. The fraction of sp³-hybridized carbons (Fsp3) is 0.583. The average molecular weight is 537 g/mol. The molecule has 1 aliphatic carbocycles. The van der Waals surface area contributed by atoms with Crippen LogP contribution in [0, 0.1) is 6.92 Å². The van der Waals surface area contributed by atoms with Gasteiger partial charge in [0, 0.05) is 44.4 Å². The Balaban J connectivity index is 0.00000272. The van der Waals surface area contributed by atoms with Gasteiger partial charge in [0.05, 0.1) is 19.3 Å². The third-order valence-corrected chi connectivity index (χ3v) is 6.79. The fourth-order valence-electron chi connectivity index (χ4n) is 5.17. The van der Waals surface area contributed by atoms with Gasteiger partial charge in [-0.3, -0.25) is 9.67 Å². The normalized spacial score (nSPS) is 21.5. The molecular weight excluding hydrogens is 501 g/mol. The number of hydrogen-bond donors (Lipinski definition) is 1. The van der Waals surface area contributed by atoms with Crippen LogP contribution in [-0.4, -0.2) is 53.9 Å². The molecule has 1 unspecified atom stereocenters. The van der Waals surface area contributed by atoms with E-state index >= 15 is 0 Å². The summed E-state index contributed by atoms with van der Waals surface area (Å²) in [5.74, 6) is 0.978. The van der Waals surface area contributed by atoms with Crippen molar-refractivity contribution in [3.63, 3.8) is 0 Å². The number of nitrogens with zero attached hydrogens (tertiary/aromatic N) is 4. The van der Waals surface area contributed by atoms with E-state index in [4.69, 9.17) is 4.74 Å². The summed E-state index contributed by atoms with van der Waals surface area (Å²) in [7, 11) is 3.83. The zero-order valence-electron chi connectivity index (χ0n) is 19.0. The van der Waals surface area contributed by atoms with Gasteiger partial charge in [-0.05, 0) is 30.9 Å². The van der Waals surface area contributed by atoms with Crippen LogP contribution in [0.4, 0.5) is 0 Å². The zero-order chi connectivity index (χ0) is 21.0. The minimum Gasteiger partial charge on any atom is -0.370 e. The van der Waals surface area contributed by atoms with Crippen LogP contribution >= 0.6 is 24.0 Å². The van der Waals surface area contributed by atoms with Crippen molar-refractivity contribution in [3.8, 4) is 0 Å². The van der Waals surface area contributed by atoms with E-state index < -0.39 is 0 Å². The van der Waals surface area contributed by atoms with Gasteiger partial charge in [0.2, 0.25) is 0 Å². The lowest BCUT2D eigenvalue weighted by Gasteiger charge is -2.41. The molecule has 0 amide bonds. The lowest BCUT2D eigenvalue weighted by atomic mass is 9.68. The van der Waals surface area contributed by atoms with Gasteiger partial charge in [0.25, 0.3) is 0 Å². The molecule has 0 spiro atoms. The molecule has 0 bridgehead atoms. The maximum absolute atomic E-state index is 6.02. The number of aryl methyl sites for hydroxylation is 2. The van der Waals surface area contributed by atoms with E-state index in [9.17, 15) is 0 Å². The van der Waals surface area contributed by atoms with Crippen LogP contribution in [-0.2, 0) is 17.2 Å². The molecule has 1 N–H and O–H groups in total. The zero-order valence-corrected chi connectivity index (χ0v) is 21.3. The van der Waals surface area contributed by atoms with E-state index in [0.717, 1.165) is 31.2 Å². The van der Waals surface area contributed by atoms with Gasteiger partial charge in [0.1, 0.15) is 6.10 Å². The summed E-state index contributed by atoms with van der Waals surface area (Å²) >= 11 is 0. The van der Waals surface area contributed by atoms with Crippen LogP contribution in [0.2, 0.25) is 0 Å². The van der Waals surface area contributed by atoms with Gasteiger partial charge in [-0.2, -0.15) is 5.10 Å². The molecule has 31 heavy (non-hydrogen) atoms. The van der Waals surface area contributed by atoms with Gasteiger partial charge >= 0.3 is 0 Å². The Hall–Kier alpha value is -1.61. The van der Waals surface area contributed by atoms with E-state index in [1.807, 2.05) is 31.2 Å². The molecule has 6 nitrogen and oxygen atoms in total. The molecule has 1 aromatic heterocycles. The molecule has 2 aliphatic rings. The maximum atomic E-state index is 6.02. The number of aliphatic imine (C=N–C) groups is 1. The molecule has 4 rings (SSSR count). The molecule has 2 aromatic rings. The highest BCUT2D eigenvalue weighted by molar-refractivity contribution is 14.0. The second-order valence-electron chi connectivity index (χ2n) is 8.81. The van der Waals surface area contributed by atoms with Crippen molar-refractivity contribution in [2.24, 2.45) is 12.0 Å². The smallest absolute Gasteiger partial charge is 0.193 e. The van der Waals surface area contributed by atoms with Gasteiger partial charge in [-0.25, -0.2) is 0 Å². The predicted molar refractivity (Wildman–Crippen MR) is 136 cm³/mol. The highest BCUT2D eigenvalue weighted by Crippen LogP contribution is 2.40. The summed E-state index contributed by atoms with van der Waals surface area (Å²) < 4.78 is 7.86. The van der Waals surface area contributed by atoms with Crippen molar-refractivity contribution in [2.75, 3.05) is 33.3 Å². The first-order chi connectivity index (χ1) is 14.6. The second-order valence-corrected chi connectivity index (χ2v) is 8.81. The number of ether oxygens (including phenoxy) is 1. The first-order valence-electron chi connectivity index (χ1n) is 11.2. The summed E-state index contributed by atoms with van der Waals surface area (Å²) in [6, 6.07) is 8.92. The number of aromatic nitrogens is 2. The Labute approximate surface area is 203 Å². The number of rotatable bonds is 4. The van der Waals surface area contributed by atoms with Crippen LogP contribution in [0.15, 0.2) is 41.7 Å². The summed E-state index contributed by atoms with van der Waals surface area (Å²) in [6.07, 6.45) is 10.4. The Morgan fingerprint density at radius 3 is 2.71 bits per heavy atom. The standard InChI is InChI=1S/C24H35N5O.HI/c1-19-9-5-6-10-21(19)24(11-7-4-8-12-24)18-26-23(25-2)29-13-14-30-22(17-29)20-15-27-28(3)16-20;/h5-6,9-10,15-16,22H,4,7-8,11-14,17-18H2,1-3H3,(H,25,26);1H. The monoisotopic (exact) mass is 537 g/mol. The van der Waals surface area contributed by atoms with Crippen molar-refractivity contribution in [2.45, 2.75) is 50.5 Å². The van der Waals surface area contributed by atoms with E-state index in [0.29, 0.717) is 6.61 Å². The minimum atomic E-state index is 0. The van der Waals surface area contributed by atoms with Crippen molar-refractivity contribution < 1.29 is 4.74 Å². The first-order valence-corrected chi connectivity index (χ1v) is 11.2. The van der Waals surface area contributed by atoms with E-state index in [-0.39, 0.29) is 35.5 Å². The Morgan fingerprint density at radius 1 is 1.26 bits per heavy atom. The van der Waals surface area contributed by atoms with E-state index in [2.05, 4.69) is 51.5 Å². The lowest BCUT2D eigenvalue weighted by molar-refractivity contribution is -0.00815. The lowest BCUT2D eigenvalue weighted by Crippen LogP contribution is -2.51. The molecule has 1 aromatic carbocycles. The van der Waals surface area contributed by atoms with Crippen LogP contribution in [0.5, 0.6) is 0 Å². The van der Waals surface area contributed by atoms with Crippen LogP contribution in [0.1, 0.15) is 54.9 Å². The van der Waals surface area contributed by atoms with Crippen LogP contribution < -0.4 is 5.32 Å². The molecule has 1 saturated carbocycles. The van der Waals surface area contributed by atoms with Gasteiger partial charge in [-0.15, -0.1) is 24.0 Å². The Kier molecular flexibility index (Phi) is 8.38. The van der Waals surface area contributed by atoms with Gasteiger partial charge < -0.3 is 15.0 Å². The van der Waals surface area contributed by atoms with Gasteiger partial charge in [-0.1, -0.05) is 43.5 Å². The quantitative estimate of drug-likeness (QED) is 0.361. The summed E-state index contributed by atoms with van der Waals surface area (Å²) in [6.45, 7) is 5.53. The second kappa shape index (κ2) is 10.8. The van der Waals surface area contributed by atoms with Crippen molar-refractivity contribution >= 4 is 29.9 Å². The number of nitrogens with one attached hydrogen (secondary N) is 1. The number of halogens is 1. The SMILES string of the molecule is CN=C(NCC1(c2ccccc2C)CCCCC1)N1CCOC(c2cnn(C)c2)C1.I. The third kappa shape index (κ3) is 5.42. The van der Waals surface area contributed by atoms with Crippen LogP contribution in [0.3, 0.4) is 0 Å². The molecule has 7 heteroatoms. The molecule has 1 aliphatic heterocycles. The number of morpholine rings is 1. The fourth-order valence-corrected chi connectivity index (χ4v) is 5.17. The van der Waals surface area contributed by atoms with Crippen LogP contribution in [0.25, 0.3) is 0 Å². The Morgan fingerprint density at radius 2 is 2.03 bits per heavy atom.